The van der Waals surface area contributed by atoms with E-state index in [0.717, 1.165) is 5.56 Å². The molecule has 0 amide bonds. The van der Waals surface area contributed by atoms with Crippen LogP contribution in [0, 0.1) is 0 Å². The van der Waals surface area contributed by atoms with Crippen molar-refractivity contribution < 1.29 is 8.95 Å². The van der Waals surface area contributed by atoms with Gasteiger partial charge in [-0.2, -0.15) is 11.3 Å². The zero-order chi connectivity index (χ0) is 12.3. The van der Waals surface area contributed by atoms with Crippen molar-refractivity contribution in [1.29, 1.82) is 0 Å². The molecule has 2 rings (SSSR count). The molecule has 5 heteroatoms. The van der Waals surface area contributed by atoms with E-state index in [0.29, 0.717) is 22.1 Å². The number of methoxy groups -OCH3 is 1. The monoisotopic (exact) mass is 267 g/mol. The van der Waals surface area contributed by atoms with Crippen molar-refractivity contribution in [3.8, 4) is 5.75 Å². The van der Waals surface area contributed by atoms with E-state index in [1.807, 2.05) is 16.8 Å². The van der Waals surface area contributed by atoms with Crippen LogP contribution in [-0.2, 0) is 16.6 Å². The average Bonchev–Trinajstić information content (AvgIpc) is 2.81. The fourth-order valence-electron chi connectivity index (χ4n) is 1.48. The molecule has 2 N–H and O–H groups in total. The van der Waals surface area contributed by atoms with E-state index < -0.39 is 10.8 Å². The van der Waals surface area contributed by atoms with Crippen molar-refractivity contribution in [2.75, 3.05) is 12.8 Å². The quantitative estimate of drug-likeness (QED) is 0.866. The summed E-state index contributed by atoms with van der Waals surface area (Å²) in [4.78, 5) is 0.688. The van der Waals surface area contributed by atoms with E-state index in [1.54, 1.807) is 36.6 Å². The molecule has 3 nitrogen and oxygen atoms in total. The van der Waals surface area contributed by atoms with E-state index in [4.69, 9.17) is 10.5 Å². The van der Waals surface area contributed by atoms with Crippen LogP contribution in [0.3, 0.4) is 0 Å². The van der Waals surface area contributed by atoms with Gasteiger partial charge in [0.2, 0.25) is 0 Å². The van der Waals surface area contributed by atoms with Gasteiger partial charge in [-0.15, -0.1) is 0 Å². The summed E-state index contributed by atoms with van der Waals surface area (Å²) in [6.45, 7) is 0. The summed E-state index contributed by atoms with van der Waals surface area (Å²) in [5, 5.41) is 3.98. The van der Waals surface area contributed by atoms with Crippen molar-refractivity contribution in [3.05, 3.63) is 40.6 Å². The number of nitrogen functional groups attached to an aromatic ring is 1. The Bertz CT molecular complexity index is 523. The van der Waals surface area contributed by atoms with Crippen LogP contribution in [0.1, 0.15) is 5.56 Å². The van der Waals surface area contributed by atoms with Crippen LogP contribution in [0.25, 0.3) is 0 Å². The van der Waals surface area contributed by atoms with Crippen LogP contribution < -0.4 is 10.5 Å². The third-order valence-electron chi connectivity index (χ3n) is 2.31. The Morgan fingerprint density at radius 2 is 2.24 bits per heavy atom. The molecule has 1 aromatic heterocycles. The van der Waals surface area contributed by atoms with Gasteiger partial charge < -0.3 is 10.5 Å². The fraction of sp³-hybridized carbons (Fsp3) is 0.167. The predicted molar refractivity (Wildman–Crippen MR) is 71.8 cm³/mol. The molecule has 0 bridgehead atoms. The summed E-state index contributed by atoms with van der Waals surface area (Å²) >= 11 is 1.60. The first kappa shape index (κ1) is 12.1. The van der Waals surface area contributed by atoms with Gasteiger partial charge in [0.25, 0.3) is 0 Å². The Kier molecular flexibility index (Phi) is 3.81. The molecule has 1 atom stereocenters. The Morgan fingerprint density at radius 3 is 2.88 bits per heavy atom. The molecule has 1 aromatic carbocycles. The van der Waals surface area contributed by atoms with Crippen molar-refractivity contribution >= 4 is 27.8 Å². The first-order valence-electron chi connectivity index (χ1n) is 5.03. The minimum absolute atomic E-state index is 0.504. The van der Waals surface area contributed by atoms with E-state index in [2.05, 4.69) is 0 Å². The summed E-state index contributed by atoms with van der Waals surface area (Å²) in [6, 6.07) is 7.17. The van der Waals surface area contributed by atoms with E-state index in [1.165, 1.54) is 0 Å². The molecule has 0 aliphatic heterocycles. The third kappa shape index (κ3) is 2.87. The molecular weight excluding hydrogens is 254 g/mol. The van der Waals surface area contributed by atoms with E-state index >= 15 is 0 Å². The van der Waals surface area contributed by atoms with Crippen LogP contribution in [0.4, 0.5) is 5.69 Å². The second-order valence-corrected chi connectivity index (χ2v) is 5.73. The standard InChI is InChI=1S/C12H13NO2S2/c1-15-11-6-10(13)2-3-12(11)17(14)8-9-4-5-16-7-9/h2-7H,8,13H2,1H3. The molecule has 0 aliphatic rings. The van der Waals surface area contributed by atoms with Crippen LogP contribution in [0.15, 0.2) is 39.9 Å². The lowest BCUT2D eigenvalue weighted by Crippen LogP contribution is -1.99. The zero-order valence-corrected chi connectivity index (χ0v) is 11.0. The molecule has 17 heavy (non-hydrogen) atoms. The van der Waals surface area contributed by atoms with Gasteiger partial charge in [0.15, 0.2) is 0 Å². The molecule has 0 saturated heterocycles. The highest BCUT2D eigenvalue weighted by molar-refractivity contribution is 7.84. The molecule has 0 aliphatic carbocycles. The van der Waals surface area contributed by atoms with Gasteiger partial charge in [-0.05, 0) is 34.5 Å². The van der Waals surface area contributed by atoms with Gasteiger partial charge in [0, 0.05) is 11.8 Å². The summed E-state index contributed by atoms with van der Waals surface area (Å²) in [5.74, 6) is 1.09. The van der Waals surface area contributed by atoms with Crippen LogP contribution in [0.2, 0.25) is 0 Å². The number of hydrogen-bond acceptors (Lipinski definition) is 4. The molecule has 0 radical (unpaired) electrons. The first-order valence-corrected chi connectivity index (χ1v) is 7.30. The maximum atomic E-state index is 12.2. The third-order valence-corrected chi connectivity index (χ3v) is 4.47. The van der Waals surface area contributed by atoms with Gasteiger partial charge in [-0.1, -0.05) is 0 Å². The molecule has 0 spiro atoms. The van der Waals surface area contributed by atoms with Gasteiger partial charge in [-0.3, -0.25) is 4.21 Å². The van der Waals surface area contributed by atoms with Crippen LogP contribution >= 0.6 is 11.3 Å². The van der Waals surface area contributed by atoms with Crippen molar-refractivity contribution in [2.24, 2.45) is 0 Å². The molecule has 2 aromatic rings. The van der Waals surface area contributed by atoms with Gasteiger partial charge in [-0.25, -0.2) is 0 Å². The minimum Gasteiger partial charge on any atom is -0.495 e. The number of ether oxygens (including phenoxy) is 1. The summed E-state index contributed by atoms with van der Waals surface area (Å²) in [6.07, 6.45) is 0. The lowest BCUT2D eigenvalue weighted by molar-refractivity contribution is 0.404. The summed E-state index contributed by atoms with van der Waals surface area (Å²) < 4.78 is 17.4. The maximum absolute atomic E-state index is 12.2. The highest BCUT2D eigenvalue weighted by Gasteiger charge is 2.11. The Hall–Kier alpha value is -1.33. The number of benzene rings is 1. The van der Waals surface area contributed by atoms with E-state index in [9.17, 15) is 4.21 Å². The van der Waals surface area contributed by atoms with Crippen molar-refractivity contribution in [1.82, 2.24) is 0 Å². The number of hydrogen-bond donors (Lipinski definition) is 1. The van der Waals surface area contributed by atoms with Gasteiger partial charge in [0.05, 0.1) is 28.6 Å². The minimum atomic E-state index is -1.11. The number of rotatable bonds is 4. The van der Waals surface area contributed by atoms with E-state index in [-0.39, 0.29) is 0 Å². The van der Waals surface area contributed by atoms with Crippen LogP contribution in [-0.4, -0.2) is 11.3 Å². The molecule has 1 unspecified atom stereocenters. The summed E-state index contributed by atoms with van der Waals surface area (Å²) in [7, 11) is 0.449. The first-order chi connectivity index (χ1) is 8.20. The van der Waals surface area contributed by atoms with Crippen molar-refractivity contribution in [3.63, 3.8) is 0 Å². The maximum Gasteiger partial charge on any atom is 0.137 e. The SMILES string of the molecule is COc1cc(N)ccc1S(=O)Cc1ccsc1. The summed E-state index contributed by atoms with van der Waals surface area (Å²) in [5.41, 5.74) is 7.35. The number of thiophene rings is 1. The lowest BCUT2D eigenvalue weighted by Gasteiger charge is -2.08. The second-order valence-electron chi connectivity index (χ2n) is 3.53. The Labute approximate surface area is 107 Å². The predicted octanol–water partition coefficient (Wildman–Crippen LogP) is 2.65. The Balaban J connectivity index is 2.24. The van der Waals surface area contributed by atoms with Crippen LogP contribution in [0.5, 0.6) is 5.75 Å². The second kappa shape index (κ2) is 5.33. The molecule has 90 valence electrons. The lowest BCUT2D eigenvalue weighted by atomic mass is 10.3. The normalized spacial score (nSPS) is 12.3. The molecule has 0 fully saturated rings. The molecule has 0 saturated carbocycles. The fourth-order valence-corrected chi connectivity index (χ4v) is 3.47. The number of anilines is 1. The zero-order valence-electron chi connectivity index (χ0n) is 9.38. The Morgan fingerprint density at radius 1 is 1.41 bits per heavy atom. The molecule has 1 heterocycles. The highest BCUT2D eigenvalue weighted by Crippen LogP contribution is 2.26. The van der Waals surface area contributed by atoms with Gasteiger partial charge in [0.1, 0.15) is 5.75 Å². The highest BCUT2D eigenvalue weighted by atomic mass is 32.2. The molecular formula is C12H13NO2S2. The van der Waals surface area contributed by atoms with Crippen molar-refractivity contribution in [2.45, 2.75) is 10.6 Å². The smallest absolute Gasteiger partial charge is 0.137 e. The van der Waals surface area contributed by atoms with Gasteiger partial charge >= 0.3 is 0 Å². The average molecular weight is 267 g/mol. The largest absolute Gasteiger partial charge is 0.495 e. The topological polar surface area (TPSA) is 52.3 Å². The number of nitrogens with two attached hydrogens (primary N) is 1.